The molecule has 0 aliphatic carbocycles. The van der Waals surface area contributed by atoms with Crippen LogP contribution in [-0.2, 0) is 9.16 Å². The summed E-state index contributed by atoms with van der Waals surface area (Å²) in [4.78, 5) is 0. The van der Waals surface area contributed by atoms with Gasteiger partial charge in [-0.2, -0.15) is 0 Å². The average Bonchev–Trinajstić information content (AvgIpc) is 2.25. The summed E-state index contributed by atoms with van der Waals surface area (Å²) < 4.78 is 12.2. The van der Waals surface area contributed by atoms with Gasteiger partial charge in [-0.05, 0) is 37.4 Å². The predicted octanol–water partition coefficient (Wildman–Crippen LogP) is 3.33. The molecule has 0 aromatic rings. The molecule has 1 N–H and O–H groups in total. The van der Waals surface area contributed by atoms with Crippen LogP contribution in [0.25, 0.3) is 0 Å². The summed E-state index contributed by atoms with van der Waals surface area (Å²) in [5, 5.41) is 9.72. The van der Waals surface area contributed by atoms with Crippen LogP contribution in [0, 0.1) is 0 Å². The van der Waals surface area contributed by atoms with Gasteiger partial charge in [-0.1, -0.05) is 27.7 Å². The molecule has 1 saturated heterocycles. The monoisotopic (exact) mass is 274 g/mol. The van der Waals surface area contributed by atoms with E-state index in [1.807, 2.05) is 0 Å². The fraction of sp³-hybridized carbons (Fsp3) is 1.00. The molecule has 3 atom stereocenters. The number of hydrogen-bond donors (Lipinski definition) is 1. The highest BCUT2D eigenvalue weighted by Crippen LogP contribution is 2.38. The van der Waals surface area contributed by atoms with E-state index in [4.69, 9.17) is 9.16 Å². The molecular formula is C14H30O3Si. The maximum Gasteiger partial charge on any atom is 0.192 e. The van der Waals surface area contributed by atoms with E-state index < -0.39 is 8.32 Å². The van der Waals surface area contributed by atoms with Crippen molar-refractivity contribution in [3.8, 4) is 0 Å². The highest BCUT2D eigenvalue weighted by atomic mass is 28.4. The molecule has 1 aliphatic rings. The van der Waals surface area contributed by atoms with Crippen molar-refractivity contribution in [2.45, 2.75) is 83.4 Å². The lowest BCUT2D eigenvalue weighted by molar-refractivity contribution is -0.0993. The van der Waals surface area contributed by atoms with E-state index in [2.05, 4.69) is 40.8 Å². The zero-order valence-corrected chi connectivity index (χ0v) is 13.8. The third-order valence-electron chi connectivity index (χ3n) is 4.36. The van der Waals surface area contributed by atoms with Gasteiger partial charge in [0.25, 0.3) is 0 Å². The zero-order chi connectivity index (χ0) is 14.0. The summed E-state index contributed by atoms with van der Waals surface area (Å²) in [6, 6.07) is 0. The van der Waals surface area contributed by atoms with Crippen LogP contribution in [0.4, 0.5) is 0 Å². The average molecular weight is 274 g/mol. The zero-order valence-electron chi connectivity index (χ0n) is 12.8. The molecule has 1 aliphatic heterocycles. The highest BCUT2D eigenvalue weighted by Gasteiger charge is 2.41. The Hall–Kier alpha value is 0.0969. The molecule has 3 nitrogen and oxygen atoms in total. The SMILES string of the molecule is CC[C@H](O[Si](C)(C)C(C)(C)C)[C@@H]1CC[C@H](O)CO1. The second-order valence-electron chi connectivity index (χ2n) is 6.93. The van der Waals surface area contributed by atoms with Crippen LogP contribution in [0.1, 0.15) is 47.0 Å². The lowest BCUT2D eigenvalue weighted by Gasteiger charge is -2.42. The van der Waals surface area contributed by atoms with E-state index in [0.717, 1.165) is 19.3 Å². The van der Waals surface area contributed by atoms with Crippen LogP contribution in [0.15, 0.2) is 0 Å². The van der Waals surface area contributed by atoms with E-state index in [1.54, 1.807) is 0 Å². The Bertz CT molecular complexity index is 252. The van der Waals surface area contributed by atoms with Crippen molar-refractivity contribution < 1.29 is 14.3 Å². The van der Waals surface area contributed by atoms with Gasteiger partial charge in [0.2, 0.25) is 0 Å². The molecule has 1 fully saturated rings. The van der Waals surface area contributed by atoms with E-state index in [0.29, 0.717) is 6.61 Å². The molecule has 0 spiro atoms. The first-order valence-electron chi connectivity index (χ1n) is 7.15. The number of ether oxygens (including phenoxy) is 1. The molecule has 0 bridgehead atoms. The Morgan fingerprint density at radius 3 is 2.33 bits per heavy atom. The maximum absolute atomic E-state index is 9.49. The van der Waals surface area contributed by atoms with Crippen molar-refractivity contribution in [3.63, 3.8) is 0 Å². The summed E-state index contributed by atoms with van der Waals surface area (Å²) in [5.41, 5.74) is 0. The molecule has 1 rings (SSSR count). The second kappa shape index (κ2) is 6.03. The van der Waals surface area contributed by atoms with E-state index in [-0.39, 0.29) is 23.4 Å². The lowest BCUT2D eigenvalue weighted by Crippen LogP contribution is -2.48. The van der Waals surface area contributed by atoms with Crippen LogP contribution < -0.4 is 0 Å². The fourth-order valence-electron chi connectivity index (χ4n) is 2.03. The highest BCUT2D eigenvalue weighted by molar-refractivity contribution is 6.74. The maximum atomic E-state index is 9.49. The van der Waals surface area contributed by atoms with Gasteiger partial charge in [-0.3, -0.25) is 0 Å². The number of aliphatic hydroxyl groups excluding tert-OH is 1. The molecule has 1 heterocycles. The minimum atomic E-state index is -1.73. The van der Waals surface area contributed by atoms with Crippen molar-refractivity contribution in [1.82, 2.24) is 0 Å². The molecule has 4 heteroatoms. The normalized spacial score (nSPS) is 28.2. The molecule has 0 radical (unpaired) electrons. The fourth-order valence-corrected chi connectivity index (χ4v) is 3.46. The minimum Gasteiger partial charge on any atom is -0.411 e. The van der Waals surface area contributed by atoms with Gasteiger partial charge < -0.3 is 14.3 Å². The Kier molecular flexibility index (Phi) is 5.41. The molecule has 0 unspecified atom stereocenters. The molecule has 18 heavy (non-hydrogen) atoms. The second-order valence-corrected chi connectivity index (χ2v) is 11.7. The van der Waals surface area contributed by atoms with E-state index >= 15 is 0 Å². The van der Waals surface area contributed by atoms with Crippen LogP contribution in [-0.4, -0.2) is 38.3 Å². The summed E-state index contributed by atoms with van der Waals surface area (Å²) in [7, 11) is -1.73. The first-order valence-corrected chi connectivity index (χ1v) is 10.1. The third kappa shape index (κ3) is 4.05. The van der Waals surface area contributed by atoms with Crippen molar-refractivity contribution in [2.75, 3.05) is 6.61 Å². The van der Waals surface area contributed by atoms with Gasteiger partial charge in [0.05, 0.1) is 24.9 Å². The van der Waals surface area contributed by atoms with Gasteiger partial charge in [-0.25, -0.2) is 0 Å². The Morgan fingerprint density at radius 1 is 1.33 bits per heavy atom. The number of rotatable bonds is 4. The van der Waals surface area contributed by atoms with Crippen molar-refractivity contribution in [2.24, 2.45) is 0 Å². The summed E-state index contributed by atoms with van der Waals surface area (Å²) in [6.07, 6.45) is 2.78. The first-order chi connectivity index (χ1) is 8.17. The van der Waals surface area contributed by atoms with E-state index in [9.17, 15) is 5.11 Å². The molecular weight excluding hydrogens is 244 g/mol. The third-order valence-corrected chi connectivity index (χ3v) is 8.86. The summed E-state index contributed by atoms with van der Waals surface area (Å²) in [5.74, 6) is 0. The van der Waals surface area contributed by atoms with Crippen LogP contribution in [0.2, 0.25) is 18.1 Å². The van der Waals surface area contributed by atoms with Crippen LogP contribution in [0.3, 0.4) is 0 Å². The molecule has 0 amide bonds. The van der Waals surface area contributed by atoms with Gasteiger partial charge in [0.1, 0.15) is 0 Å². The Labute approximate surface area is 113 Å². The Morgan fingerprint density at radius 2 is 1.94 bits per heavy atom. The topological polar surface area (TPSA) is 38.7 Å². The van der Waals surface area contributed by atoms with Gasteiger partial charge >= 0.3 is 0 Å². The minimum absolute atomic E-state index is 0.160. The van der Waals surface area contributed by atoms with Gasteiger partial charge in [0.15, 0.2) is 8.32 Å². The van der Waals surface area contributed by atoms with Crippen LogP contribution >= 0.6 is 0 Å². The lowest BCUT2D eigenvalue weighted by atomic mass is 10.0. The molecule has 0 aromatic carbocycles. The number of aliphatic hydroxyl groups is 1. The van der Waals surface area contributed by atoms with Gasteiger partial charge in [0, 0.05) is 0 Å². The molecule has 0 saturated carbocycles. The molecule has 108 valence electrons. The smallest absolute Gasteiger partial charge is 0.192 e. The first kappa shape index (κ1) is 16.2. The molecule has 0 aromatic heterocycles. The van der Waals surface area contributed by atoms with Crippen molar-refractivity contribution in [3.05, 3.63) is 0 Å². The van der Waals surface area contributed by atoms with Crippen molar-refractivity contribution in [1.29, 1.82) is 0 Å². The van der Waals surface area contributed by atoms with Crippen LogP contribution in [0.5, 0.6) is 0 Å². The van der Waals surface area contributed by atoms with Gasteiger partial charge in [-0.15, -0.1) is 0 Å². The Balaban J connectivity index is 2.62. The van der Waals surface area contributed by atoms with E-state index in [1.165, 1.54) is 0 Å². The standard InChI is InChI=1S/C14H30O3Si/c1-7-12(13-9-8-11(15)10-16-13)17-18(5,6)14(2,3)4/h11-13,15H,7-10H2,1-6H3/t11-,12-,13-/m0/s1. The number of hydrogen-bond acceptors (Lipinski definition) is 3. The van der Waals surface area contributed by atoms with Crippen molar-refractivity contribution >= 4 is 8.32 Å². The predicted molar refractivity (Wildman–Crippen MR) is 77.3 cm³/mol. The largest absolute Gasteiger partial charge is 0.411 e. The quantitative estimate of drug-likeness (QED) is 0.799. The summed E-state index contributed by atoms with van der Waals surface area (Å²) in [6.45, 7) is 14.0. The summed E-state index contributed by atoms with van der Waals surface area (Å²) >= 11 is 0.